The van der Waals surface area contributed by atoms with Gasteiger partial charge in [0.1, 0.15) is 11.3 Å². The summed E-state index contributed by atoms with van der Waals surface area (Å²) in [5, 5.41) is 0. The van der Waals surface area contributed by atoms with Crippen molar-refractivity contribution in [3.63, 3.8) is 0 Å². The van der Waals surface area contributed by atoms with E-state index in [1.54, 1.807) is 7.11 Å². The maximum Gasteiger partial charge on any atom is 0.328 e. The van der Waals surface area contributed by atoms with Crippen molar-refractivity contribution in [3.05, 3.63) is 102 Å². The number of esters is 1. The molecule has 1 aliphatic rings. The lowest BCUT2D eigenvalue weighted by molar-refractivity contribution is -0.145. The maximum absolute atomic E-state index is 13.3. The number of rotatable bonds is 6. The van der Waals surface area contributed by atoms with Gasteiger partial charge in [-0.25, -0.2) is 9.69 Å². The lowest BCUT2D eigenvalue weighted by atomic mass is 9.80. The van der Waals surface area contributed by atoms with Crippen molar-refractivity contribution in [1.29, 1.82) is 0 Å². The quantitative estimate of drug-likeness (QED) is 0.525. The molecule has 0 spiro atoms. The topological polar surface area (TPSA) is 38.8 Å². The maximum atomic E-state index is 13.3. The fourth-order valence-electron chi connectivity index (χ4n) is 4.18. The highest BCUT2D eigenvalue weighted by atomic mass is 16.6. The molecular weight excluding hydrogens is 374 g/mol. The van der Waals surface area contributed by atoms with E-state index in [0.29, 0.717) is 6.54 Å². The predicted octanol–water partition coefficient (Wildman–Crippen LogP) is 5.32. The molecule has 1 heterocycles. The third-order valence-electron chi connectivity index (χ3n) is 6.25. The van der Waals surface area contributed by atoms with Crippen molar-refractivity contribution >= 4 is 5.97 Å². The molecular formula is C26H27NO3. The van der Waals surface area contributed by atoms with Crippen molar-refractivity contribution in [2.75, 3.05) is 7.11 Å². The second-order valence-corrected chi connectivity index (χ2v) is 7.92. The zero-order valence-corrected chi connectivity index (χ0v) is 17.6. The first-order valence-electron chi connectivity index (χ1n) is 10.2. The first-order chi connectivity index (χ1) is 14.5. The molecule has 1 fully saturated rings. The summed E-state index contributed by atoms with van der Waals surface area (Å²) < 4.78 is 11.3. The molecule has 154 valence electrons. The largest absolute Gasteiger partial charge is 0.497 e. The van der Waals surface area contributed by atoms with Gasteiger partial charge in [-0.1, -0.05) is 79.7 Å². The van der Waals surface area contributed by atoms with E-state index < -0.39 is 11.8 Å². The summed E-state index contributed by atoms with van der Waals surface area (Å²) >= 11 is 0. The van der Waals surface area contributed by atoms with E-state index in [9.17, 15) is 4.79 Å². The summed E-state index contributed by atoms with van der Waals surface area (Å²) in [5.41, 5.74) is 2.38. The molecule has 0 aliphatic carbocycles. The van der Waals surface area contributed by atoms with Crippen LogP contribution in [0.25, 0.3) is 0 Å². The fraction of sp³-hybridized carbons (Fsp3) is 0.269. The third-order valence-corrected chi connectivity index (χ3v) is 6.25. The highest BCUT2D eigenvalue weighted by molar-refractivity contribution is 5.84. The number of cyclic esters (lactones) is 1. The van der Waals surface area contributed by atoms with Gasteiger partial charge in [-0.2, -0.15) is 0 Å². The van der Waals surface area contributed by atoms with Gasteiger partial charge in [0.15, 0.2) is 6.23 Å². The van der Waals surface area contributed by atoms with Crippen LogP contribution in [0.2, 0.25) is 0 Å². The minimum Gasteiger partial charge on any atom is -0.497 e. The van der Waals surface area contributed by atoms with Gasteiger partial charge >= 0.3 is 5.97 Å². The SMILES string of the molecule is COc1ccc(C(C)C2(C)C(=O)OC(c3ccccc3)N2Cc2ccccc2)cc1. The van der Waals surface area contributed by atoms with Crippen LogP contribution in [0.5, 0.6) is 5.75 Å². The number of carbonyl (C=O) groups is 1. The molecule has 4 nitrogen and oxygen atoms in total. The average molecular weight is 402 g/mol. The highest BCUT2D eigenvalue weighted by Gasteiger charge is 2.55. The van der Waals surface area contributed by atoms with Gasteiger partial charge in [-0.05, 0) is 30.2 Å². The zero-order valence-electron chi connectivity index (χ0n) is 17.6. The van der Waals surface area contributed by atoms with Crippen molar-refractivity contribution in [3.8, 4) is 5.75 Å². The number of benzene rings is 3. The summed E-state index contributed by atoms with van der Waals surface area (Å²) in [6.07, 6.45) is -0.426. The summed E-state index contributed by atoms with van der Waals surface area (Å²) in [7, 11) is 1.65. The number of ether oxygens (including phenoxy) is 2. The van der Waals surface area contributed by atoms with E-state index >= 15 is 0 Å². The van der Waals surface area contributed by atoms with Gasteiger partial charge in [-0.3, -0.25) is 0 Å². The second kappa shape index (κ2) is 8.33. The van der Waals surface area contributed by atoms with E-state index in [4.69, 9.17) is 9.47 Å². The van der Waals surface area contributed by atoms with Gasteiger partial charge in [0.2, 0.25) is 0 Å². The van der Waals surface area contributed by atoms with Crippen LogP contribution in [0.1, 0.15) is 42.7 Å². The minimum absolute atomic E-state index is 0.0756. The molecule has 0 radical (unpaired) electrons. The zero-order chi connectivity index (χ0) is 21.1. The summed E-state index contributed by atoms with van der Waals surface area (Å²) in [4.78, 5) is 15.5. The predicted molar refractivity (Wildman–Crippen MR) is 117 cm³/mol. The van der Waals surface area contributed by atoms with Crippen molar-refractivity contribution in [2.24, 2.45) is 0 Å². The van der Waals surface area contributed by atoms with E-state index in [1.165, 1.54) is 0 Å². The molecule has 4 heteroatoms. The van der Waals surface area contributed by atoms with E-state index in [2.05, 4.69) is 24.0 Å². The van der Waals surface area contributed by atoms with Crippen LogP contribution < -0.4 is 4.74 Å². The van der Waals surface area contributed by atoms with E-state index in [1.807, 2.05) is 79.7 Å². The Morgan fingerprint density at radius 3 is 2.17 bits per heavy atom. The van der Waals surface area contributed by atoms with Crippen LogP contribution in [0.4, 0.5) is 0 Å². The summed E-state index contributed by atoms with van der Waals surface area (Å²) in [6.45, 7) is 4.70. The van der Waals surface area contributed by atoms with Gasteiger partial charge in [0.25, 0.3) is 0 Å². The molecule has 3 aromatic rings. The molecule has 0 N–H and O–H groups in total. The summed E-state index contributed by atoms with van der Waals surface area (Å²) in [5.74, 6) is 0.525. The Kier molecular flexibility index (Phi) is 5.60. The van der Waals surface area contributed by atoms with Crippen LogP contribution in [0, 0.1) is 0 Å². The molecule has 0 amide bonds. The van der Waals surface area contributed by atoms with Gasteiger partial charge < -0.3 is 9.47 Å². The molecule has 3 unspecified atom stereocenters. The van der Waals surface area contributed by atoms with Crippen LogP contribution in [-0.2, 0) is 16.1 Å². The van der Waals surface area contributed by atoms with Crippen LogP contribution >= 0.6 is 0 Å². The fourth-order valence-corrected chi connectivity index (χ4v) is 4.18. The molecule has 1 aliphatic heterocycles. The normalized spacial score (nSPS) is 22.5. The standard InChI is InChI=1S/C26H27NO3/c1-19(21-14-16-23(29-3)17-15-21)26(2)25(28)30-24(22-12-8-5-9-13-22)27(26)18-20-10-6-4-7-11-20/h4-17,19,24H,18H2,1-3H3. The van der Waals surface area contributed by atoms with Crippen molar-refractivity contribution in [2.45, 2.75) is 38.1 Å². The molecule has 0 saturated carbocycles. The number of nitrogens with zero attached hydrogens (tertiary/aromatic N) is 1. The third kappa shape index (κ3) is 3.59. The second-order valence-electron chi connectivity index (χ2n) is 7.92. The van der Waals surface area contributed by atoms with E-state index in [-0.39, 0.29) is 11.9 Å². The Morgan fingerprint density at radius 1 is 0.967 bits per heavy atom. The number of carbonyl (C=O) groups excluding carboxylic acids is 1. The summed E-state index contributed by atoms with van der Waals surface area (Å²) in [6, 6.07) is 28.1. The lowest BCUT2D eigenvalue weighted by Crippen LogP contribution is -2.50. The first-order valence-corrected chi connectivity index (χ1v) is 10.2. The van der Waals surface area contributed by atoms with Gasteiger partial charge in [0.05, 0.1) is 7.11 Å². The molecule has 0 aromatic heterocycles. The first kappa shape index (κ1) is 20.2. The molecule has 3 aromatic carbocycles. The molecule has 3 atom stereocenters. The van der Waals surface area contributed by atoms with E-state index in [0.717, 1.165) is 22.4 Å². The Labute approximate surface area is 178 Å². The molecule has 1 saturated heterocycles. The number of methoxy groups -OCH3 is 1. The van der Waals surface area contributed by atoms with Crippen molar-refractivity contribution < 1.29 is 14.3 Å². The number of hydrogen-bond acceptors (Lipinski definition) is 4. The van der Waals surface area contributed by atoms with Crippen LogP contribution in [0.15, 0.2) is 84.9 Å². The Morgan fingerprint density at radius 2 is 1.57 bits per heavy atom. The molecule has 30 heavy (non-hydrogen) atoms. The van der Waals surface area contributed by atoms with Crippen molar-refractivity contribution in [1.82, 2.24) is 4.90 Å². The Hall–Kier alpha value is -3.11. The molecule has 4 rings (SSSR count). The van der Waals surface area contributed by atoms with Crippen LogP contribution in [0.3, 0.4) is 0 Å². The average Bonchev–Trinajstić information content (AvgIpc) is 3.06. The lowest BCUT2D eigenvalue weighted by Gasteiger charge is -2.38. The van der Waals surface area contributed by atoms with Gasteiger partial charge in [-0.15, -0.1) is 0 Å². The Bertz CT molecular complexity index is 988. The van der Waals surface area contributed by atoms with Crippen LogP contribution in [-0.4, -0.2) is 23.5 Å². The molecule has 0 bridgehead atoms. The number of hydrogen-bond donors (Lipinski definition) is 0. The monoisotopic (exact) mass is 401 g/mol. The Balaban J connectivity index is 1.75. The minimum atomic E-state index is -0.815. The highest BCUT2D eigenvalue weighted by Crippen LogP contribution is 2.46. The van der Waals surface area contributed by atoms with Gasteiger partial charge in [0, 0.05) is 18.0 Å². The smallest absolute Gasteiger partial charge is 0.328 e.